The van der Waals surface area contributed by atoms with Crippen LogP contribution >= 0.6 is 11.8 Å². The van der Waals surface area contributed by atoms with Gasteiger partial charge in [0.15, 0.2) is 0 Å². The van der Waals surface area contributed by atoms with Gasteiger partial charge in [-0.3, -0.25) is 0 Å². The maximum Gasteiger partial charge on any atom is -0.000711 e. The van der Waals surface area contributed by atoms with Gasteiger partial charge < -0.3 is 0 Å². The number of rotatable bonds is 0. The van der Waals surface area contributed by atoms with E-state index in [1.54, 1.807) is 0 Å². The molecule has 1 unspecified atom stereocenters. The van der Waals surface area contributed by atoms with Gasteiger partial charge in [-0.25, -0.2) is 0 Å². The van der Waals surface area contributed by atoms with Crippen molar-refractivity contribution in [1.29, 1.82) is 0 Å². The first-order chi connectivity index (χ1) is 4.39. The second kappa shape index (κ2) is 3.99. The Balaban J connectivity index is 2.30. The number of allylic oxidation sites excluding steroid dienone is 2. The molecule has 0 radical (unpaired) electrons. The molecule has 9 heavy (non-hydrogen) atoms. The van der Waals surface area contributed by atoms with Gasteiger partial charge in [-0.15, -0.1) is 0 Å². The fraction of sp³-hybridized carbons (Fsp3) is 0.750. The van der Waals surface area contributed by atoms with Crippen LogP contribution in [0.15, 0.2) is 12.2 Å². The lowest BCUT2D eigenvalue weighted by molar-refractivity contribution is 0.821. The Bertz CT molecular complexity index is 96.7. The van der Waals surface area contributed by atoms with Gasteiger partial charge in [-0.2, -0.15) is 11.8 Å². The predicted molar refractivity (Wildman–Crippen MR) is 44.9 cm³/mol. The standard InChI is InChI=1S/C8H14S/c1-8-5-3-2-4-6-9-7-8/h3,5,8H,2,4,6-7H2,1H3/b5-3-. The number of thioether (sulfide) groups is 1. The Morgan fingerprint density at radius 2 is 2.44 bits per heavy atom. The van der Waals surface area contributed by atoms with E-state index >= 15 is 0 Å². The first kappa shape index (κ1) is 7.20. The molecule has 0 aliphatic carbocycles. The molecule has 0 aromatic rings. The highest BCUT2D eigenvalue weighted by Gasteiger charge is 1.99. The van der Waals surface area contributed by atoms with E-state index in [-0.39, 0.29) is 0 Å². The first-order valence-electron chi connectivity index (χ1n) is 3.64. The van der Waals surface area contributed by atoms with Gasteiger partial charge >= 0.3 is 0 Å². The smallest absolute Gasteiger partial charge is 0.000711 e. The Hall–Kier alpha value is 0.0900. The van der Waals surface area contributed by atoms with Gasteiger partial charge in [-0.05, 0) is 30.3 Å². The molecule has 52 valence electrons. The van der Waals surface area contributed by atoms with E-state index in [2.05, 4.69) is 30.8 Å². The van der Waals surface area contributed by atoms with Crippen molar-refractivity contribution in [1.82, 2.24) is 0 Å². The molecule has 0 amide bonds. The molecule has 1 heterocycles. The number of hydrogen-bond acceptors (Lipinski definition) is 1. The average molecular weight is 142 g/mol. The van der Waals surface area contributed by atoms with Gasteiger partial charge in [0.05, 0.1) is 0 Å². The maximum atomic E-state index is 2.34. The molecule has 1 aliphatic heterocycles. The van der Waals surface area contributed by atoms with Crippen LogP contribution in [0.1, 0.15) is 19.8 Å². The Morgan fingerprint density at radius 1 is 1.56 bits per heavy atom. The third kappa shape index (κ3) is 2.95. The SMILES string of the molecule is CC1/C=C\CCCSC1. The summed E-state index contributed by atoms with van der Waals surface area (Å²) in [5, 5.41) is 0. The lowest BCUT2D eigenvalue weighted by Gasteiger charge is -2.08. The summed E-state index contributed by atoms with van der Waals surface area (Å²) in [5.74, 6) is 3.47. The molecule has 0 aromatic carbocycles. The lowest BCUT2D eigenvalue weighted by Crippen LogP contribution is -1.96. The molecule has 0 spiro atoms. The highest BCUT2D eigenvalue weighted by molar-refractivity contribution is 7.99. The van der Waals surface area contributed by atoms with Crippen molar-refractivity contribution in [3.8, 4) is 0 Å². The number of hydrogen-bond donors (Lipinski definition) is 0. The van der Waals surface area contributed by atoms with Crippen molar-refractivity contribution in [2.75, 3.05) is 11.5 Å². The summed E-state index contributed by atoms with van der Waals surface area (Å²) in [6.07, 6.45) is 7.32. The van der Waals surface area contributed by atoms with Gasteiger partial charge in [0.2, 0.25) is 0 Å². The van der Waals surface area contributed by atoms with Crippen LogP contribution in [0.3, 0.4) is 0 Å². The summed E-state index contributed by atoms with van der Waals surface area (Å²) < 4.78 is 0. The van der Waals surface area contributed by atoms with E-state index in [0.29, 0.717) is 0 Å². The summed E-state index contributed by atoms with van der Waals surface area (Å²) in [7, 11) is 0. The van der Waals surface area contributed by atoms with Crippen LogP contribution in [0.5, 0.6) is 0 Å². The van der Waals surface area contributed by atoms with Crippen molar-refractivity contribution in [3.63, 3.8) is 0 Å². The lowest BCUT2D eigenvalue weighted by atomic mass is 10.2. The van der Waals surface area contributed by atoms with Crippen molar-refractivity contribution >= 4 is 11.8 Å². The summed E-state index contributed by atoms with van der Waals surface area (Å²) >= 11 is 2.09. The van der Waals surface area contributed by atoms with Crippen molar-refractivity contribution in [3.05, 3.63) is 12.2 Å². The Kier molecular flexibility index (Phi) is 3.20. The normalized spacial score (nSPS) is 32.8. The minimum Gasteiger partial charge on any atom is -0.161 e. The first-order valence-corrected chi connectivity index (χ1v) is 4.79. The van der Waals surface area contributed by atoms with E-state index in [4.69, 9.17) is 0 Å². The van der Waals surface area contributed by atoms with Crippen LogP contribution in [-0.4, -0.2) is 11.5 Å². The molecular formula is C8H14S. The van der Waals surface area contributed by atoms with E-state index < -0.39 is 0 Å². The average Bonchev–Trinajstić information content (AvgIpc) is 1.79. The quantitative estimate of drug-likeness (QED) is 0.469. The van der Waals surface area contributed by atoms with Crippen LogP contribution in [-0.2, 0) is 0 Å². The molecule has 0 aromatic heterocycles. The topological polar surface area (TPSA) is 0 Å². The van der Waals surface area contributed by atoms with E-state index in [9.17, 15) is 0 Å². The Morgan fingerprint density at radius 3 is 3.33 bits per heavy atom. The molecule has 0 N–H and O–H groups in total. The van der Waals surface area contributed by atoms with Crippen LogP contribution < -0.4 is 0 Å². The molecule has 0 nitrogen and oxygen atoms in total. The highest BCUT2D eigenvalue weighted by Crippen LogP contribution is 2.15. The van der Waals surface area contributed by atoms with Crippen LogP contribution in [0.4, 0.5) is 0 Å². The van der Waals surface area contributed by atoms with Gasteiger partial charge in [0, 0.05) is 0 Å². The maximum absolute atomic E-state index is 2.34. The molecule has 0 saturated carbocycles. The summed E-state index contributed by atoms with van der Waals surface area (Å²) in [6.45, 7) is 2.29. The van der Waals surface area contributed by atoms with Crippen LogP contribution in [0.2, 0.25) is 0 Å². The third-order valence-electron chi connectivity index (χ3n) is 1.50. The highest BCUT2D eigenvalue weighted by atomic mass is 32.2. The zero-order valence-electron chi connectivity index (χ0n) is 5.97. The summed E-state index contributed by atoms with van der Waals surface area (Å²) in [6, 6.07) is 0. The van der Waals surface area contributed by atoms with Crippen molar-refractivity contribution in [2.24, 2.45) is 5.92 Å². The molecule has 0 saturated heterocycles. The van der Waals surface area contributed by atoms with Gasteiger partial charge in [-0.1, -0.05) is 19.1 Å². The zero-order valence-corrected chi connectivity index (χ0v) is 6.79. The van der Waals surface area contributed by atoms with Crippen molar-refractivity contribution in [2.45, 2.75) is 19.8 Å². The monoisotopic (exact) mass is 142 g/mol. The molecule has 1 atom stereocenters. The van der Waals surface area contributed by atoms with Crippen LogP contribution in [0.25, 0.3) is 0 Å². The van der Waals surface area contributed by atoms with Crippen molar-refractivity contribution < 1.29 is 0 Å². The van der Waals surface area contributed by atoms with Crippen LogP contribution in [0, 0.1) is 5.92 Å². The second-order valence-electron chi connectivity index (χ2n) is 2.62. The largest absolute Gasteiger partial charge is 0.161 e. The predicted octanol–water partition coefficient (Wildman–Crippen LogP) is 2.71. The molecule has 1 rings (SSSR count). The fourth-order valence-electron chi connectivity index (χ4n) is 0.957. The molecular weight excluding hydrogens is 128 g/mol. The molecule has 0 fully saturated rings. The van der Waals surface area contributed by atoms with E-state index in [1.165, 1.54) is 24.3 Å². The molecule has 1 aliphatic rings. The summed E-state index contributed by atoms with van der Waals surface area (Å²) in [5.41, 5.74) is 0. The Labute approximate surface area is 61.7 Å². The second-order valence-corrected chi connectivity index (χ2v) is 3.77. The minimum atomic E-state index is 0.801. The molecule has 0 bridgehead atoms. The van der Waals surface area contributed by atoms with E-state index in [0.717, 1.165) is 5.92 Å². The zero-order chi connectivity index (χ0) is 6.53. The van der Waals surface area contributed by atoms with E-state index in [1.807, 2.05) is 0 Å². The summed E-state index contributed by atoms with van der Waals surface area (Å²) in [4.78, 5) is 0. The third-order valence-corrected chi connectivity index (χ3v) is 2.84. The fourth-order valence-corrected chi connectivity index (χ4v) is 1.98. The van der Waals surface area contributed by atoms with Gasteiger partial charge in [0.25, 0.3) is 0 Å². The minimum absolute atomic E-state index is 0.801. The molecule has 1 heteroatoms. The van der Waals surface area contributed by atoms with Gasteiger partial charge in [0.1, 0.15) is 0 Å².